The molecule has 1 rings (SSSR count). The van der Waals surface area contributed by atoms with Gasteiger partial charge in [-0.1, -0.05) is 0 Å². The van der Waals surface area contributed by atoms with E-state index in [9.17, 15) is 17.3 Å². The first-order valence-electron chi connectivity index (χ1n) is 3.30. The van der Waals surface area contributed by atoms with Gasteiger partial charge in [0.15, 0.2) is 11.9 Å². The van der Waals surface area contributed by atoms with E-state index in [1.54, 1.807) is 22.9 Å². The summed E-state index contributed by atoms with van der Waals surface area (Å²) in [6.45, 7) is 0. The van der Waals surface area contributed by atoms with Gasteiger partial charge < -0.3 is 22.4 Å². The van der Waals surface area contributed by atoms with E-state index in [1.807, 2.05) is 13.2 Å². The maximum absolute atomic E-state index is 9.75. The van der Waals surface area contributed by atoms with Gasteiger partial charge in [-0.05, 0) is 6.07 Å². The summed E-state index contributed by atoms with van der Waals surface area (Å²) in [7, 11) is -4.14. The normalized spacial score (nSPS) is 10.2. The van der Waals surface area contributed by atoms with Crippen LogP contribution in [0.2, 0.25) is 0 Å². The number of hydrogen-bond acceptors (Lipinski definition) is 1. The van der Waals surface area contributed by atoms with Crippen molar-refractivity contribution in [1.82, 2.24) is 0 Å². The second kappa shape index (κ2) is 4.69. The molecule has 7 heteroatoms. The molecule has 2 nitrogen and oxygen atoms in total. The molecule has 1 N–H and O–H groups in total. The number of hydrogen-bond donors (Lipinski definition) is 1. The Morgan fingerprint density at radius 3 is 2.00 bits per heavy atom. The van der Waals surface area contributed by atoms with Gasteiger partial charge in [-0.25, -0.2) is 4.57 Å². The molecule has 0 atom stereocenters. The van der Waals surface area contributed by atoms with Gasteiger partial charge >= 0.3 is 7.25 Å². The Balaban J connectivity index is 0.000000252. The van der Waals surface area contributed by atoms with Gasteiger partial charge in [-0.2, -0.15) is 0 Å². The van der Waals surface area contributed by atoms with E-state index in [1.165, 1.54) is 0 Å². The quantitative estimate of drug-likeness (QED) is 0.380. The summed E-state index contributed by atoms with van der Waals surface area (Å²) in [5, 5.41) is 8.79. The number of aryl methyl sites for hydroxylation is 1. The topological polar surface area (TPSA) is 24.1 Å². The summed E-state index contributed by atoms with van der Waals surface area (Å²) in [5.74, 6) is 0.301. The van der Waals surface area contributed by atoms with Crippen LogP contribution >= 0.6 is 0 Å². The Labute approximate surface area is 72.5 Å². The van der Waals surface area contributed by atoms with Crippen LogP contribution in [-0.2, 0) is 7.05 Å². The Morgan fingerprint density at radius 1 is 1.31 bits per heavy atom. The minimum atomic E-state index is -6.00. The molecule has 0 saturated carbocycles. The number of rotatable bonds is 0. The molecule has 0 aliphatic carbocycles. The van der Waals surface area contributed by atoms with Gasteiger partial charge in [0.2, 0.25) is 6.20 Å². The zero-order valence-corrected chi connectivity index (χ0v) is 6.79. The summed E-state index contributed by atoms with van der Waals surface area (Å²) in [6.07, 6.45) is 3.50. The van der Waals surface area contributed by atoms with Gasteiger partial charge in [0.05, 0.1) is 0 Å². The van der Waals surface area contributed by atoms with Crippen LogP contribution in [0, 0.1) is 0 Å². The highest BCUT2D eigenvalue weighted by molar-refractivity contribution is 6.50. The number of pyridine rings is 1. The summed E-state index contributed by atoms with van der Waals surface area (Å²) in [4.78, 5) is 0. The molecular formula is C6H8BF4NO. The zero-order valence-electron chi connectivity index (χ0n) is 6.79. The maximum Gasteiger partial charge on any atom is 0.673 e. The Morgan fingerprint density at radius 2 is 1.77 bits per heavy atom. The Kier molecular flexibility index (Phi) is 4.23. The van der Waals surface area contributed by atoms with Crippen molar-refractivity contribution >= 4 is 7.25 Å². The minimum absolute atomic E-state index is 0.301. The van der Waals surface area contributed by atoms with Crippen LogP contribution < -0.4 is 4.57 Å². The number of aromatic hydroxyl groups is 1. The third-order valence-electron chi connectivity index (χ3n) is 0.924. The molecule has 1 aromatic rings. The van der Waals surface area contributed by atoms with Crippen molar-refractivity contribution in [1.29, 1.82) is 0 Å². The van der Waals surface area contributed by atoms with Gasteiger partial charge in [-0.3, -0.25) is 0 Å². The number of aromatic nitrogens is 1. The lowest BCUT2D eigenvalue weighted by atomic mass is 10.3. The van der Waals surface area contributed by atoms with E-state index in [2.05, 4.69) is 0 Å². The van der Waals surface area contributed by atoms with Crippen molar-refractivity contribution in [3.63, 3.8) is 0 Å². The Bertz CT molecular complexity index is 242. The fraction of sp³-hybridized carbons (Fsp3) is 0.167. The van der Waals surface area contributed by atoms with Crippen LogP contribution in [0.15, 0.2) is 24.5 Å². The van der Waals surface area contributed by atoms with Gasteiger partial charge in [0.1, 0.15) is 7.05 Å². The van der Waals surface area contributed by atoms with Crippen LogP contribution in [0.4, 0.5) is 17.3 Å². The van der Waals surface area contributed by atoms with Crippen molar-refractivity contribution in [3.8, 4) is 5.75 Å². The first-order valence-corrected chi connectivity index (χ1v) is 3.30. The molecule has 0 saturated heterocycles. The third kappa shape index (κ3) is 10.7. The summed E-state index contributed by atoms with van der Waals surface area (Å²) < 4.78 is 40.8. The summed E-state index contributed by atoms with van der Waals surface area (Å²) >= 11 is 0. The number of nitrogens with zero attached hydrogens (tertiary/aromatic N) is 1. The van der Waals surface area contributed by atoms with Crippen molar-refractivity contribution < 1.29 is 26.9 Å². The molecule has 0 amide bonds. The molecule has 1 aromatic heterocycles. The first-order chi connectivity index (χ1) is 5.79. The van der Waals surface area contributed by atoms with Crippen molar-refractivity contribution in [3.05, 3.63) is 24.5 Å². The van der Waals surface area contributed by atoms with Crippen molar-refractivity contribution in [2.45, 2.75) is 0 Å². The molecular weight excluding hydrogens is 189 g/mol. The maximum atomic E-state index is 9.75. The predicted octanol–water partition coefficient (Wildman–Crippen LogP) is 1.52. The molecule has 0 aromatic carbocycles. The molecule has 0 aliphatic heterocycles. The van der Waals surface area contributed by atoms with E-state index in [4.69, 9.17) is 5.11 Å². The lowest BCUT2D eigenvalue weighted by molar-refractivity contribution is -0.671. The second-order valence-electron chi connectivity index (χ2n) is 2.22. The van der Waals surface area contributed by atoms with Crippen LogP contribution in [0.25, 0.3) is 0 Å². The van der Waals surface area contributed by atoms with E-state index >= 15 is 0 Å². The van der Waals surface area contributed by atoms with E-state index < -0.39 is 7.25 Å². The highest BCUT2D eigenvalue weighted by atomic mass is 19.5. The molecule has 1 heterocycles. The van der Waals surface area contributed by atoms with E-state index in [-0.39, 0.29) is 0 Å². The molecule has 0 unspecified atom stereocenters. The zero-order chi connectivity index (χ0) is 10.5. The monoisotopic (exact) mass is 197 g/mol. The van der Waals surface area contributed by atoms with Crippen LogP contribution in [0.1, 0.15) is 0 Å². The summed E-state index contributed by atoms with van der Waals surface area (Å²) in [5.41, 5.74) is 0. The fourth-order valence-electron chi connectivity index (χ4n) is 0.572. The second-order valence-corrected chi connectivity index (χ2v) is 2.22. The predicted molar refractivity (Wildman–Crippen MR) is 39.5 cm³/mol. The van der Waals surface area contributed by atoms with Crippen LogP contribution in [0.3, 0.4) is 0 Å². The SMILES string of the molecule is C[n+]1cccc(O)c1.F[B-](F)(F)F. The van der Waals surface area contributed by atoms with Crippen LogP contribution in [0.5, 0.6) is 5.75 Å². The standard InChI is InChI=1S/C6H7NO.BF4/c1-7-4-2-3-6(8)5-7;2-1(3,4)5/h2-5H,1H3;/q;-1/p+1. The first kappa shape index (κ1) is 11.7. The molecule has 0 bridgehead atoms. The van der Waals surface area contributed by atoms with Crippen LogP contribution in [-0.4, -0.2) is 12.4 Å². The Hall–Kier alpha value is -1.27. The lowest BCUT2D eigenvalue weighted by Gasteiger charge is -1.94. The third-order valence-corrected chi connectivity index (χ3v) is 0.924. The molecule has 0 aliphatic rings. The average Bonchev–Trinajstić information content (AvgIpc) is 1.81. The average molecular weight is 197 g/mol. The summed E-state index contributed by atoms with van der Waals surface area (Å²) in [6, 6.07) is 3.43. The molecule has 0 fully saturated rings. The molecule has 13 heavy (non-hydrogen) atoms. The van der Waals surface area contributed by atoms with Gasteiger partial charge in [0, 0.05) is 6.07 Å². The molecule has 74 valence electrons. The van der Waals surface area contributed by atoms with E-state index in [0.29, 0.717) is 5.75 Å². The largest absolute Gasteiger partial charge is 0.673 e. The van der Waals surface area contributed by atoms with Gasteiger partial charge in [-0.15, -0.1) is 0 Å². The molecule has 0 radical (unpaired) electrons. The highest BCUT2D eigenvalue weighted by Crippen LogP contribution is 2.06. The van der Waals surface area contributed by atoms with Gasteiger partial charge in [0.25, 0.3) is 0 Å². The fourth-order valence-corrected chi connectivity index (χ4v) is 0.572. The van der Waals surface area contributed by atoms with Crippen molar-refractivity contribution in [2.75, 3.05) is 0 Å². The minimum Gasteiger partial charge on any atom is -0.503 e. The van der Waals surface area contributed by atoms with E-state index in [0.717, 1.165) is 0 Å². The van der Waals surface area contributed by atoms with Crippen molar-refractivity contribution in [2.24, 2.45) is 7.05 Å². The number of halogens is 4. The smallest absolute Gasteiger partial charge is 0.503 e. The molecule has 0 spiro atoms. The lowest BCUT2D eigenvalue weighted by Crippen LogP contribution is -2.25. The highest BCUT2D eigenvalue weighted by Gasteiger charge is 2.20.